The van der Waals surface area contributed by atoms with Gasteiger partial charge in [-0.05, 0) is 62.2 Å². The van der Waals surface area contributed by atoms with E-state index in [0.717, 1.165) is 5.56 Å². The van der Waals surface area contributed by atoms with Crippen molar-refractivity contribution in [3.8, 4) is 17.2 Å². The maximum absolute atomic E-state index is 12.2. The molecule has 0 aliphatic heterocycles. The highest BCUT2D eigenvalue weighted by atomic mass is 79.9. The highest BCUT2D eigenvalue weighted by Crippen LogP contribution is 2.40. The first-order chi connectivity index (χ1) is 13.2. The zero-order valence-corrected chi connectivity index (χ0v) is 18.8. The Kier molecular flexibility index (Phi) is 7.98. The topological polar surface area (TPSA) is 113 Å². The van der Waals surface area contributed by atoms with E-state index in [1.165, 1.54) is 18.2 Å². The SMILES string of the molecule is C[P+](=O)Cc1cc(Br)c(Oc2ccc(O)c(C(=O)NCCC(=O)O)c2)c(Br)c1. The van der Waals surface area contributed by atoms with Gasteiger partial charge in [0, 0.05) is 12.1 Å². The summed E-state index contributed by atoms with van der Waals surface area (Å²) < 4.78 is 18.6. The van der Waals surface area contributed by atoms with Crippen molar-refractivity contribution in [2.45, 2.75) is 12.6 Å². The predicted octanol–water partition coefficient (Wildman–Crippen LogP) is 4.87. The van der Waals surface area contributed by atoms with Crippen LogP contribution < -0.4 is 10.1 Å². The van der Waals surface area contributed by atoms with Gasteiger partial charge in [0.15, 0.2) is 11.9 Å². The van der Waals surface area contributed by atoms with Gasteiger partial charge in [0.05, 0.1) is 20.9 Å². The third-order valence-corrected chi connectivity index (χ3v) is 5.51. The van der Waals surface area contributed by atoms with Gasteiger partial charge in [0.2, 0.25) is 0 Å². The molecule has 0 bridgehead atoms. The highest BCUT2D eigenvalue weighted by Gasteiger charge is 2.17. The maximum atomic E-state index is 12.2. The number of carbonyl (C=O) groups is 2. The molecule has 2 aromatic rings. The first kappa shape index (κ1) is 22.3. The zero-order chi connectivity index (χ0) is 20.8. The molecule has 2 rings (SSSR count). The second-order valence-electron chi connectivity index (χ2n) is 5.86. The maximum Gasteiger partial charge on any atom is 0.340 e. The number of aromatic hydroxyl groups is 1. The van der Waals surface area contributed by atoms with E-state index in [0.29, 0.717) is 26.6 Å². The number of benzene rings is 2. The number of aliphatic carboxylic acids is 1. The Morgan fingerprint density at radius 1 is 1.18 bits per heavy atom. The minimum absolute atomic E-state index is 0.0327. The number of phenols is 1. The number of phenolic OH excluding ortho intramolecular Hbond substituents is 1. The molecule has 3 N–H and O–H groups in total. The van der Waals surface area contributed by atoms with E-state index in [2.05, 4.69) is 37.2 Å². The Balaban J connectivity index is 2.22. The summed E-state index contributed by atoms with van der Waals surface area (Å²) >= 11 is 6.84. The molecule has 0 saturated carbocycles. The second-order valence-corrected chi connectivity index (χ2v) is 9.14. The van der Waals surface area contributed by atoms with Gasteiger partial charge in [-0.1, -0.05) is 4.57 Å². The molecule has 1 unspecified atom stereocenters. The van der Waals surface area contributed by atoms with Gasteiger partial charge in [-0.15, -0.1) is 0 Å². The number of carboxylic acid groups (broad SMARTS) is 1. The molecule has 0 aliphatic rings. The molecule has 0 radical (unpaired) electrons. The van der Waals surface area contributed by atoms with Crippen LogP contribution >= 0.6 is 39.7 Å². The van der Waals surface area contributed by atoms with Crippen LogP contribution in [0.5, 0.6) is 17.2 Å². The summed E-state index contributed by atoms with van der Waals surface area (Å²) in [5.74, 6) is -1.13. The molecule has 0 aliphatic carbocycles. The van der Waals surface area contributed by atoms with Gasteiger partial charge >= 0.3 is 13.8 Å². The number of ether oxygens (including phenoxy) is 1. The van der Waals surface area contributed by atoms with E-state index >= 15 is 0 Å². The summed E-state index contributed by atoms with van der Waals surface area (Å²) in [5, 5.41) is 21.0. The molecule has 0 fully saturated rings. The number of hydrogen-bond donors (Lipinski definition) is 3. The molecule has 0 heterocycles. The molecular formula is C18H17Br2NO6P+. The molecule has 1 amide bonds. The van der Waals surface area contributed by atoms with Crippen molar-refractivity contribution in [1.82, 2.24) is 5.32 Å². The summed E-state index contributed by atoms with van der Waals surface area (Å²) in [6, 6.07) is 7.78. The van der Waals surface area contributed by atoms with Crippen molar-refractivity contribution in [1.29, 1.82) is 0 Å². The summed E-state index contributed by atoms with van der Waals surface area (Å²) in [6.07, 6.45) is 0.213. The molecule has 7 nitrogen and oxygen atoms in total. The number of amides is 1. The lowest BCUT2D eigenvalue weighted by Crippen LogP contribution is -2.26. The van der Waals surface area contributed by atoms with Crippen molar-refractivity contribution in [3.63, 3.8) is 0 Å². The van der Waals surface area contributed by atoms with Crippen LogP contribution in [0.25, 0.3) is 0 Å². The number of rotatable bonds is 8. The van der Waals surface area contributed by atoms with Crippen molar-refractivity contribution < 1.29 is 29.1 Å². The summed E-state index contributed by atoms with van der Waals surface area (Å²) in [6.45, 7) is 1.60. The van der Waals surface area contributed by atoms with Gasteiger partial charge in [-0.2, -0.15) is 0 Å². The molecule has 2 aromatic carbocycles. The van der Waals surface area contributed by atoms with Crippen molar-refractivity contribution in [3.05, 3.63) is 50.4 Å². The van der Waals surface area contributed by atoms with Crippen LogP contribution in [0.2, 0.25) is 0 Å². The van der Waals surface area contributed by atoms with Gasteiger partial charge in [-0.3, -0.25) is 9.59 Å². The highest BCUT2D eigenvalue weighted by molar-refractivity contribution is 9.11. The Hall–Kier alpha value is -1.96. The predicted molar refractivity (Wildman–Crippen MR) is 112 cm³/mol. The summed E-state index contributed by atoms with van der Waals surface area (Å²) in [5.41, 5.74) is 0.841. The smallest absolute Gasteiger partial charge is 0.340 e. The van der Waals surface area contributed by atoms with E-state index in [9.17, 15) is 19.3 Å². The number of carboxylic acids is 1. The first-order valence-electron chi connectivity index (χ1n) is 8.04. The number of hydrogen-bond acceptors (Lipinski definition) is 5. The third-order valence-electron chi connectivity index (χ3n) is 3.52. The largest absolute Gasteiger partial charge is 0.507 e. The Morgan fingerprint density at radius 2 is 1.82 bits per heavy atom. The minimum Gasteiger partial charge on any atom is -0.507 e. The lowest BCUT2D eigenvalue weighted by molar-refractivity contribution is -0.136. The monoisotopic (exact) mass is 532 g/mol. The van der Waals surface area contributed by atoms with Crippen LogP contribution in [-0.4, -0.2) is 35.3 Å². The Labute approximate surface area is 179 Å². The summed E-state index contributed by atoms with van der Waals surface area (Å²) in [7, 11) is -1.33. The van der Waals surface area contributed by atoms with Crippen LogP contribution in [0.3, 0.4) is 0 Å². The van der Waals surface area contributed by atoms with Gasteiger partial charge < -0.3 is 20.3 Å². The zero-order valence-electron chi connectivity index (χ0n) is 14.7. The van der Waals surface area contributed by atoms with Crippen LogP contribution in [-0.2, 0) is 15.5 Å². The Bertz CT molecular complexity index is 911. The first-order valence-corrected chi connectivity index (χ1v) is 11.5. The standard InChI is InChI=1S/C18H16Br2NO6P/c1-28(26)9-10-6-13(19)17(14(20)7-10)27-11-2-3-15(22)12(8-11)18(25)21-5-4-16(23)24/h2-3,6-8H,4-5,9H2,1H3,(H2-,21,22,23,24,25)/p+1. The average molecular weight is 534 g/mol. The molecular weight excluding hydrogens is 517 g/mol. The molecule has 148 valence electrons. The molecule has 28 heavy (non-hydrogen) atoms. The number of nitrogens with one attached hydrogen (secondary N) is 1. The van der Waals surface area contributed by atoms with Crippen LogP contribution in [0.15, 0.2) is 39.3 Å². The van der Waals surface area contributed by atoms with E-state index in [1.54, 1.807) is 18.8 Å². The molecule has 0 spiro atoms. The fraction of sp³-hybridized carbons (Fsp3) is 0.222. The van der Waals surface area contributed by atoms with Crippen molar-refractivity contribution >= 4 is 51.5 Å². The van der Waals surface area contributed by atoms with E-state index < -0.39 is 19.7 Å². The van der Waals surface area contributed by atoms with E-state index in [-0.39, 0.29) is 24.3 Å². The van der Waals surface area contributed by atoms with Crippen LogP contribution in [0, 0.1) is 0 Å². The van der Waals surface area contributed by atoms with Gasteiger partial charge in [0.25, 0.3) is 5.91 Å². The lowest BCUT2D eigenvalue weighted by Gasteiger charge is -2.13. The summed E-state index contributed by atoms with van der Waals surface area (Å²) in [4.78, 5) is 22.7. The fourth-order valence-electron chi connectivity index (χ4n) is 2.31. The molecule has 0 saturated heterocycles. The van der Waals surface area contributed by atoms with Gasteiger partial charge in [-0.25, -0.2) is 0 Å². The fourth-order valence-corrected chi connectivity index (χ4v) is 4.45. The molecule has 10 heteroatoms. The lowest BCUT2D eigenvalue weighted by atomic mass is 10.1. The Morgan fingerprint density at radius 3 is 2.39 bits per heavy atom. The van der Waals surface area contributed by atoms with Crippen molar-refractivity contribution in [2.75, 3.05) is 13.2 Å². The molecule has 0 aromatic heterocycles. The second kappa shape index (κ2) is 10.0. The quantitative estimate of drug-likeness (QED) is 0.417. The van der Waals surface area contributed by atoms with E-state index in [1.807, 2.05) is 0 Å². The van der Waals surface area contributed by atoms with Crippen LogP contribution in [0.4, 0.5) is 0 Å². The van der Waals surface area contributed by atoms with E-state index in [4.69, 9.17) is 9.84 Å². The van der Waals surface area contributed by atoms with Crippen molar-refractivity contribution in [2.24, 2.45) is 0 Å². The number of carbonyl (C=O) groups excluding carboxylic acids is 1. The van der Waals surface area contributed by atoms with Crippen LogP contribution in [0.1, 0.15) is 22.3 Å². The normalized spacial score (nSPS) is 11.0. The minimum atomic E-state index is -1.33. The molecule has 1 atom stereocenters. The average Bonchev–Trinajstić information content (AvgIpc) is 2.58. The number of halogens is 2. The van der Waals surface area contributed by atoms with Gasteiger partial charge in [0.1, 0.15) is 18.2 Å². The third kappa shape index (κ3) is 6.29.